The van der Waals surface area contributed by atoms with Crippen LogP contribution in [-0.4, -0.2) is 10.8 Å². The summed E-state index contributed by atoms with van der Waals surface area (Å²) in [6, 6.07) is 36.6. The van der Waals surface area contributed by atoms with Gasteiger partial charge in [-0.15, -0.1) is 0 Å². The first kappa shape index (κ1) is 26.1. The Bertz CT molecular complexity index is 1690. The summed E-state index contributed by atoms with van der Waals surface area (Å²) in [7, 11) is 0. The van der Waals surface area contributed by atoms with Gasteiger partial charge in [-0.25, -0.2) is 0 Å². The quantitative estimate of drug-likeness (QED) is 0.165. The molecule has 1 aromatic heterocycles. The van der Waals surface area contributed by atoms with Crippen molar-refractivity contribution in [2.45, 2.75) is 27.7 Å². The minimum absolute atomic E-state index is 0.0664. The topological polar surface area (TPSA) is 30.0 Å². The number of benzene rings is 5. The number of aryl methyl sites for hydroxylation is 3. The summed E-state index contributed by atoms with van der Waals surface area (Å²) >= 11 is 5.61. The molecular formula is C34H30ClNO. The molecule has 0 fully saturated rings. The predicted octanol–water partition coefficient (Wildman–Crippen LogP) is 9.70. The lowest BCUT2D eigenvalue weighted by Gasteiger charge is -2.06. The molecule has 2 nitrogen and oxygen atoms in total. The van der Waals surface area contributed by atoms with Gasteiger partial charge in [0.25, 0.3) is 0 Å². The Kier molecular flexibility index (Phi) is 8.32. The van der Waals surface area contributed by atoms with Crippen LogP contribution in [0.3, 0.4) is 0 Å². The number of pyridine rings is 1. The third-order valence-corrected chi connectivity index (χ3v) is 6.53. The summed E-state index contributed by atoms with van der Waals surface area (Å²) in [4.78, 5) is 15.2. The second-order valence-corrected chi connectivity index (χ2v) is 9.56. The van der Waals surface area contributed by atoms with Crippen LogP contribution < -0.4 is 0 Å². The molecule has 6 aromatic rings. The number of nitrogens with zero attached hydrogens (tertiary/aromatic N) is 1. The Hall–Kier alpha value is -4.01. The van der Waals surface area contributed by atoms with Crippen LogP contribution in [0.25, 0.3) is 32.4 Å². The van der Waals surface area contributed by atoms with E-state index in [0.29, 0.717) is 10.6 Å². The Labute approximate surface area is 223 Å². The number of ketones is 1. The summed E-state index contributed by atoms with van der Waals surface area (Å²) in [5.74, 6) is 0.0664. The summed E-state index contributed by atoms with van der Waals surface area (Å²) in [5, 5.41) is 7.30. The number of rotatable bonds is 1. The average Bonchev–Trinajstić information content (AvgIpc) is 2.90. The van der Waals surface area contributed by atoms with Crippen molar-refractivity contribution in [3.8, 4) is 0 Å². The van der Waals surface area contributed by atoms with Gasteiger partial charge in [0.1, 0.15) is 0 Å². The molecule has 0 aliphatic rings. The van der Waals surface area contributed by atoms with Crippen molar-refractivity contribution in [1.82, 2.24) is 4.98 Å². The minimum atomic E-state index is 0.0664. The third kappa shape index (κ3) is 6.41. The second-order valence-electron chi connectivity index (χ2n) is 9.12. The summed E-state index contributed by atoms with van der Waals surface area (Å²) in [5.41, 5.74) is 5.54. The van der Waals surface area contributed by atoms with Crippen molar-refractivity contribution < 1.29 is 4.79 Å². The lowest BCUT2D eigenvalue weighted by atomic mass is 9.98. The zero-order chi connectivity index (χ0) is 26.4. The van der Waals surface area contributed by atoms with Crippen molar-refractivity contribution in [2.75, 3.05) is 0 Å². The molecule has 0 saturated carbocycles. The highest BCUT2D eigenvalue weighted by Crippen LogP contribution is 2.27. The van der Waals surface area contributed by atoms with Gasteiger partial charge in [0, 0.05) is 21.7 Å². The number of aromatic nitrogens is 1. The summed E-state index contributed by atoms with van der Waals surface area (Å²) in [6.45, 7) is 7.86. The highest BCUT2D eigenvalue weighted by molar-refractivity contribution is 6.30. The van der Waals surface area contributed by atoms with Gasteiger partial charge in [0.15, 0.2) is 5.78 Å². The molecule has 0 N–H and O–H groups in total. The maximum Gasteiger partial charge on any atom is 0.159 e. The van der Waals surface area contributed by atoms with Gasteiger partial charge in [-0.2, -0.15) is 0 Å². The molecule has 0 spiro atoms. The van der Waals surface area contributed by atoms with E-state index in [2.05, 4.69) is 91.6 Å². The lowest BCUT2D eigenvalue weighted by Crippen LogP contribution is -1.89. The summed E-state index contributed by atoms with van der Waals surface area (Å²) < 4.78 is 0. The van der Waals surface area contributed by atoms with Gasteiger partial charge in [-0.3, -0.25) is 9.78 Å². The molecule has 3 heteroatoms. The molecule has 0 atom stereocenters. The first-order valence-corrected chi connectivity index (χ1v) is 12.7. The zero-order valence-corrected chi connectivity index (χ0v) is 22.4. The Morgan fingerprint density at radius 1 is 0.622 bits per heavy atom. The molecule has 37 heavy (non-hydrogen) atoms. The number of fused-ring (bicyclic) bond motifs is 4. The number of para-hydroxylation sites is 1. The maximum atomic E-state index is 10.7. The van der Waals surface area contributed by atoms with E-state index in [1.54, 1.807) is 24.3 Å². The van der Waals surface area contributed by atoms with Crippen LogP contribution in [-0.2, 0) is 0 Å². The van der Waals surface area contributed by atoms with Crippen LogP contribution in [0.4, 0.5) is 0 Å². The maximum absolute atomic E-state index is 10.7. The van der Waals surface area contributed by atoms with Gasteiger partial charge in [0.05, 0.1) is 5.52 Å². The van der Waals surface area contributed by atoms with Crippen molar-refractivity contribution >= 4 is 49.8 Å². The molecule has 1 heterocycles. The van der Waals surface area contributed by atoms with E-state index in [0.717, 1.165) is 11.2 Å². The molecule has 5 aromatic carbocycles. The van der Waals surface area contributed by atoms with Gasteiger partial charge < -0.3 is 0 Å². The number of hydrogen-bond acceptors (Lipinski definition) is 2. The van der Waals surface area contributed by atoms with Crippen LogP contribution in [0.1, 0.15) is 34.1 Å². The number of carbonyl (C=O) groups excluding carboxylic acids is 1. The minimum Gasteiger partial charge on any atom is -0.295 e. The van der Waals surface area contributed by atoms with Crippen LogP contribution in [0, 0.1) is 20.8 Å². The molecular weight excluding hydrogens is 474 g/mol. The van der Waals surface area contributed by atoms with Crippen LogP contribution in [0.5, 0.6) is 0 Å². The van der Waals surface area contributed by atoms with E-state index in [-0.39, 0.29) is 5.78 Å². The molecule has 184 valence electrons. The fourth-order valence-electron chi connectivity index (χ4n) is 4.44. The Morgan fingerprint density at radius 2 is 1.16 bits per heavy atom. The van der Waals surface area contributed by atoms with Gasteiger partial charge in [-0.05, 0) is 96.8 Å². The number of halogens is 1. The first-order valence-electron chi connectivity index (χ1n) is 12.3. The Morgan fingerprint density at radius 3 is 1.84 bits per heavy atom. The zero-order valence-electron chi connectivity index (χ0n) is 21.6. The fraction of sp³-hybridized carbons (Fsp3) is 0.118. The smallest absolute Gasteiger partial charge is 0.159 e. The van der Waals surface area contributed by atoms with Crippen LogP contribution in [0.15, 0.2) is 109 Å². The fourth-order valence-corrected chi connectivity index (χ4v) is 4.57. The van der Waals surface area contributed by atoms with E-state index in [1.165, 1.54) is 45.0 Å². The number of hydrogen-bond donors (Lipinski definition) is 0. The third-order valence-electron chi connectivity index (χ3n) is 6.28. The lowest BCUT2D eigenvalue weighted by molar-refractivity contribution is 0.101. The van der Waals surface area contributed by atoms with E-state index in [9.17, 15) is 4.79 Å². The number of carbonyl (C=O) groups is 1. The van der Waals surface area contributed by atoms with Crippen molar-refractivity contribution in [3.63, 3.8) is 0 Å². The van der Waals surface area contributed by atoms with Crippen molar-refractivity contribution in [3.05, 3.63) is 137 Å². The molecule has 0 aliphatic heterocycles. The van der Waals surface area contributed by atoms with Gasteiger partial charge in [-0.1, -0.05) is 84.4 Å². The molecule has 0 amide bonds. The van der Waals surface area contributed by atoms with Crippen molar-refractivity contribution in [1.29, 1.82) is 0 Å². The standard InChI is InChI=1S/C15H12.C11H11N.C8H7ClO/c1-11-10-12-6-2-3-8-14(12)15-9-5-4-7-13(11)15;1-8-7-9(2)12-11-6-4-3-5-10(8)11;1-6(10)7-2-4-8(9)5-3-7/h2-10H,1H3;3-7H,1-2H3;2-5H,1H3. The van der Waals surface area contributed by atoms with Crippen molar-refractivity contribution in [2.24, 2.45) is 0 Å². The SMILES string of the molecule is CC(=O)c1ccc(Cl)cc1.Cc1cc(C)c2ccccc2n1.Cc1cc2ccccc2c2ccccc12. The first-order chi connectivity index (χ1) is 17.8. The van der Waals surface area contributed by atoms with E-state index >= 15 is 0 Å². The van der Waals surface area contributed by atoms with E-state index in [1.807, 2.05) is 19.1 Å². The monoisotopic (exact) mass is 503 g/mol. The normalized spacial score (nSPS) is 10.4. The predicted molar refractivity (Wildman–Crippen MR) is 159 cm³/mol. The Balaban J connectivity index is 0.000000133. The van der Waals surface area contributed by atoms with Gasteiger partial charge in [0.2, 0.25) is 0 Å². The van der Waals surface area contributed by atoms with E-state index < -0.39 is 0 Å². The molecule has 6 rings (SSSR count). The second kappa shape index (κ2) is 11.8. The molecule has 0 bridgehead atoms. The highest BCUT2D eigenvalue weighted by atomic mass is 35.5. The van der Waals surface area contributed by atoms with Gasteiger partial charge >= 0.3 is 0 Å². The van der Waals surface area contributed by atoms with Crippen LogP contribution in [0.2, 0.25) is 5.02 Å². The molecule has 0 radical (unpaired) electrons. The van der Waals surface area contributed by atoms with Crippen LogP contribution >= 0.6 is 11.6 Å². The largest absolute Gasteiger partial charge is 0.295 e. The number of Topliss-reactive ketones (excluding diaryl/α,β-unsaturated/α-hetero) is 1. The average molecular weight is 504 g/mol. The highest BCUT2D eigenvalue weighted by Gasteiger charge is 2.02. The molecule has 0 saturated heterocycles. The summed E-state index contributed by atoms with van der Waals surface area (Å²) in [6.07, 6.45) is 0. The molecule has 0 unspecified atom stereocenters. The molecule has 0 aliphatic carbocycles. The van der Waals surface area contributed by atoms with E-state index in [4.69, 9.17) is 11.6 Å².